The van der Waals surface area contributed by atoms with E-state index in [4.69, 9.17) is 5.11 Å². The van der Waals surface area contributed by atoms with E-state index < -0.39 is 0 Å². The zero-order valence-corrected chi connectivity index (χ0v) is 11.3. The minimum absolute atomic E-state index is 0.134. The summed E-state index contributed by atoms with van der Waals surface area (Å²) in [5.41, 5.74) is 0.134. The van der Waals surface area contributed by atoms with Gasteiger partial charge in [0.15, 0.2) is 0 Å². The van der Waals surface area contributed by atoms with Gasteiger partial charge in [-0.15, -0.1) is 0 Å². The maximum Gasteiger partial charge on any atom is 0.0448 e. The first kappa shape index (κ1) is 14.0. The maximum atomic E-state index is 9.12. The van der Waals surface area contributed by atoms with Crippen LogP contribution >= 0.6 is 0 Å². The molecule has 0 bridgehead atoms. The second kappa shape index (κ2) is 6.61. The van der Waals surface area contributed by atoms with Gasteiger partial charge in [0.1, 0.15) is 0 Å². The Balaban J connectivity index is 2.44. The number of hydrogen-bond acceptors (Lipinski definition) is 2. The fraction of sp³-hybridized carbons (Fsp3) is 1.00. The van der Waals surface area contributed by atoms with Crippen LogP contribution < -0.4 is 5.32 Å². The van der Waals surface area contributed by atoms with Crippen molar-refractivity contribution >= 4 is 0 Å². The summed E-state index contributed by atoms with van der Waals surface area (Å²) in [5.74, 6) is 0.918. The molecule has 2 nitrogen and oxygen atoms in total. The van der Waals surface area contributed by atoms with Gasteiger partial charge < -0.3 is 10.4 Å². The van der Waals surface area contributed by atoms with E-state index in [0.29, 0.717) is 12.6 Å². The summed E-state index contributed by atoms with van der Waals surface area (Å²) in [6, 6.07) is 0.676. The molecule has 96 valence electrons. The monoisotopic (exact) mass is 227 g/mol. The molecule has 0 aromatic rings. The molecular weight excluding hydrogens is 198 g/mol. The van der Waals surface area contributed by atoms with Crippen LogP contribution in [0.2, 0.25) is 0 Å². The zero-order valence-electron chi connectivity index (χ0n) is 11.3. The highest BCUT2D eigenvalue weighted by Crippen LogP contribution is 2.28. The van der Waals surface area contributed by atoms with E-state index in [-0.39, 0.29) is 5.54 Å². The van der Waals surface area contributed by atoms with Gasteiger partial charge in [-0.1, -0.05) is 33.1 Å². The summed E-state index contributed by atoms with van der Waals surface area (Å²) in [6.45, 7) is 7.06. The fourth-order valence-corrected chi connectivity index (χ4v) is 2.88. The molecule has 0 heterocycles. The van der Waals surface area contributed by atoms with Gasteiger partial charge in [-0.05, 0) is 38.5 Å². The normalized spacial score (nSPS) is 30.0. The van der Waals surface area contributed by atoms with E-state index in [0.717, 1.165) is 18.8 Å². The molecule has 1 aliphatic rings. The topological polar surface area (TPSA) is 32.3 Å². The molecule has 1 saturated carbocycles. The van der Waals surface area contributed by atoms with Crippen molar-refractivity contribution in [1.29, 1.82) is 0 Å². The average molecular weight is 227 g/mol. The van der Waals surface area contributed by atoms with Crippen molar-refractivity contribution in [3.63, 3.8) is 0 Å². The smallest absolute Gasteiger partial charge is 0.0448 e. The molecule has 2 N–H and O–H groups in total. The van der Waals surface area contributed by atoms with Crippen molar-refractivity contribution in [3.8, 4) is 0 Å². The molecule has 0 saturated heterocycles. The van der Waals surface area contributed by atoms with Gasteiger partial charge in [0, 0.05) is 18.2 Å². The van der Waals surface area contributed by atoms with Gasteiger partial charge in [-0.25, -0.2) is 0 Å². The van der Waals surface area contributed by atoms with Crippen LogP contribution in [0.15, 0.2) is 0 Å². The van der Waals surface area contributed by atoms with Crippen LogP contribution in [0.5, 0.6) is 0 Å². The van der Waals surface area contributed by atoms with Gasteiger partial charge in [0.25, 0.3) is 0 Å². The van der Waals surface area contributed by atoms with Gasteiger partial charge in [-0.3, -0.25) is 0 Å². The van der Waals surface area contributed by atoms with Crippen molar-refractivity contribution in [2.24, 2.45) is 5.92 Å². The van der Waals surface area contributed by atoms with Crippen molar-refractivity contribution in [2.75, 3.05) is 6.61 Å². The lowest BCUT2D eigenvalue weighted by molar-refractivity contribution is 0.174. The van der Waals surface area contributed by atoms with Crippen molar-refractivity contribution < 1.29 is 5.11 Å². The van der Waals surface area contributed by atoms with Crippen LogP contribution in [0.4, 0.5) is 0 Å². The molecule has 2 heteroatoms. The lowest BCUT2D eigenvalue weighted by Crippen LogP contribution is -2.49. The third-order valence-corrected chi connectivity index (χ3v) is 4.36. The summed E-state index contributed by atoms with van der Waals surface area (Å²) in [5, 5.41) is 12.9. The van der Waals surface area contributed by atoms with Gasteiger partial charge >= 0.3 is 0 Å². The summed E-state index contributed by atoms with van der Waals surface area (Å²) in [7, 11) is 0. The number of aliphatic hydroxyl groups is 1. The van der Waals surface area contributed by atoms with Crippen molar-refractivity contribution in [2.45, 2.75) is 77.3 Å². The quantitative estimate of drug-likeness (QED) is 0.731. The first-order chi connectivity index (χ1) is 7.63. The Morgan fingerprint density at radius 2 is 2.06 bits per heavy atom. The highest BCUT2D eigenvalue weighted by molar-refractivity contribution is 4.88. The van der Waals surface area contributed by atoms with Crippen molar-refractivity contribution in [1.82, 2.24) is 5.32 Å². The second-order valence-electron chi connectivity index (χ2n) is 5.67. The molecule has 0 spiro atoms. The summed E-state index contributed by atoms with van der Waals surface area (Å²) < 4.78 is 0. The predicted octanol–water partition coefficient (Wildman–Crippen LogP) is 3.10. The maximum absolute atomic E-state index is 9.12. The fourth-order valence-electron chi connectivity index (χ4n) is 2.88. The van der Waals surface area contributed by atoms with Gasteiger partial charge in [0.2, 0.25) is 0 Å². The molecule has 1 aliphatic carbocycles. The number of rotatable bonds is 6. The molecule has 1 fully saturated rings. The number of hydrogen-bond donors (Lipinski definition) is 2. The Hall–Kier alpha value is -0.0800. The average Bonchev–Trinajstić information content (AvgIpc) is 2.29. The molecule has 0 aromatic carbocycles. The second-order valence-corrected chi connectivity index (χ2v) is 5.67. The lowest BCUT2D eigenvalue weighted by Gasteiger charge is -2.38. The number of aliphatic hydroxyl groups excluding tert-OH is 1. The molecule has 0 aromatic heterocycles. The van der Waals surface area contributed by atoms with E-state index in [1.54, 1.807) is 0 Å². The zero-order chi connectivity index (χ0) is 12.0. The Bertz CT molecular complexity index is 195. The molecule has 16 heavy (non-hydrogen) atoms. The lowest BCUT2D eigenvalue weighted by atomic mass is 9.82. The SMILES string of the molecule is CCC1CCCC(NC(C)(CC)CCO)C1. The van der Waals surface area contributed by atoms with Crippen LogP contribution in [-0.2, 0) is 0 Å². The first-order valence-electron chi connectivity index (χ1n) is 7.02. The van der Waals surface area contributed by atoms with E-state index in [1.165, 1.54) is 32.1 Å². The largest absolute Gasteiger partial charge is 0.396 e. The summed E-state index contributed by atoms with van der Waals surface area (Å²) >= 11 is 0. The molecule has 0 aliphatic heterocycles. The summed E-state index contributed by atoms with van der Waals surface area (Å²) in [4.78, 5) is 0. The molecule has 0 amide bonds. The molecule has 1 rings (SSSR count). The molecule has 3 unspecified atom stereocenters. The Labute approximate surface area is 101 Å². The highest BCUT2D eigenvalue weighted by Gasteiger charge is 2.28. The van der Waals surface area contributed by atoms with Gasteiger partial charge in [-0.2, -0.15) is 0 Å². The minimum Gasteiger partial charge on any atom is -0.396 e. The van der Waals surface area contributed by atoms with Gasteiger partial charge in [0.05, 0.1) is 0 Å². The third-order valence-electron chi connectivity index (χ3n) is 4.36. The van der Waals surface area contributed by atoms with Crippen LogP contribution in [0.1, 0.15) is 65.7 Å². The number of nitrogens with one attached hydrogen (secondary N) is 1. The Kier molecular flexibility index (Phi) is 5.77. The van der Waals surface area contributed by atoms with E-state index >= 15 is 0 Å². The van der Waals surface area contributed by atoms with Crippen LogP contribution in [0.25, 0.3) is 0 Å². The first-order valence-corrected chi connectivity index (χ1v) is 7.02. The van der Waals surface area contributed by atoms with Crippen LogP contribution in [-0.4, -0.2) is 23.3 Å². The molecular formula is C14H29NO. The van der Waals surface area contributed by atoms with Crippen molar-refractivity contribution in [3.05, 3.63) is 0 Å². The van der Waals surface area contributed by atoms with Crippen LogP contribution in [0, 0.1) is 5.92 Å². The minimum atomic E-state index is 0.134. The predicted molar refractivity (Wildman–Crippen MR) is 69.6 cm³/mol. The third kappa shape index (κ3) is 4.06. The summed E-state index contributed by atoms with van der Waals surface area (Å²) in [6.07, 6.45) is 8.72. The Morgan fingerprint density at radius 3 is 2.62 bits per heavy atom. The Morgan fingerprint density at radius 1 is 1.31 bits per heavy atom. The highest BCUT2D eigenvalue weighted by atomic mass is 16.3. The standard InChI is InChI=1S/C14H29NO/c1-4-12-7-6-8-13(11-12)15-14(3,5-2)9-10-16/h12-13,15-16H,4-11H2,1-3H3. The molecule has 3 atom stereocenters. The van der Waals surface area contributed by atoms with E-state index in [1.807, 2.05) is 0 Å². The van der Waals surface area contributed by atoms with Crippen LogP contribution in [0.3, 0.4) is 0 Å². The van der Waals surface area contributed by atoms with E-state index in [2.05, 4.69) is 26.1 Å². The van der Waals surface area contributed by atoms with E-state index in [9.17, 15) is 0 Å². The molecule has 0 radical (unpaired) electrons.